The summed E-state index contributed by atoms with van der Waals surface area (Å²) in [6, 6.07) is 12.8. The summed E-state index contributed by atoms with van der Waals surface area (Å²) >= 11 is 0. The van der Waals surface area contributed by atoms with Crippen molar-refractivity contribution >= 4 is 10.9 Å². The zero-order valence-corrected chi connectivity index (χ0v) is 14.0. The van der Waals surface area contributed by atoms with Crippen molar-refractivity contribution in [1.29, 1.82) is 0 Å². The number of H-pyrrole nitrogens is 2. The first-order chi connectivity index (χ1) is 12.7. The van der Waals surface area contributed by atoms with Crippen LogP contribution in [0.5, 0.6) is 11.5 Å². The van der Waals surface area contributed by atoms with Crippen LogP contribution in [-0.4, -0.2) is 27.3 Å². The van der Waals surface area contributed by atoms with Gasteiger partial charge in [0.1, 0.15) is 23.9 Å². The molecular weight excluding hydrogens is 332 g/mol. The molecule has 0 unspecified atom stereocenters. The van der Waals surface area contributed by atoms with Gasteiger partial charge in [0.15, 0.2) is 0 Å². The Bertz CT molecular complexity index is 1100. The highest BCUT2D eigenvalue weighted by Crippen LogP contribution is 2.22. The molecule has 2 heterocycles. The molecule has 4 aromatic rings. The second kappa shape index (κ2) is 6.72. The zero-order valence-electron chi connectivity index (χ0n) is 14.0. The summed E-state index contributed by atoms with van der Waals surface area (Å²) in [5.41, 5.74) is 2.28. The summed E-state index contributed by atoms with van der Waals surface area (Å²) in [5, 5.41) is 7.26. The Morgan fingerprint density at radius 1 is 1.08 bits per heavy atom. The summed E-state index contributed by atoms with van der Waals surface area (Å²) in [5.74, 6) is 1.79. The predicted molar refractivity (Wildman–Crippen MR) is 97.3 cm³/mol. The number of benzene rings is 2. The van der Waals surface area contributed by atoms with Gasteiger partial charge >= 0.3 is 0 Å². The number of ether oxygens (including phenoxy) is 2. The lowest BCUT2D eigenvalue weighted by molar-refractivity contribution is 0.294. The molecule has 0 saturated carbocycles. The predicted octanol–water partition coefficient (Wildman–Crippen LogP) is 2.90. The molecule has 2 aromatic carbocycles. The van der Waals surface area contributed by atoms with Gasteiger partial charge in [0.25, 0.3) is 5.56 Å². The molecule has 7 nitrogen and oxygen atoms in total. The molecule has 7 heteroatoms. The van der Waals surface area contributed by atoms with E-state index in [9.17, 15) is 4.79 Å². The standard InChI is InChI=1S/C19H16N4O3/c1-25-14-3-2-4-15(8-14)26-11-18-22-17-7-12(13-9-20-21-10-13)5-6-16(17)19(24)23-18/h2-10H,11H2,1H3,(H,20,21)(H,22,23,24). The quantitative estimate of drug-likeness (QED) is 0.578. The van der Waals surface area contributed by atoms with E-state index in [0.29, 0.717) is 28.2 Å². The number of hydrogen-bond acceptors (Lipinski definition) is 5. The molecule has 0 spiro atoms. The highest BCUT2D eigenvalue weighted by atomic mass is 16.5. The van der Waals surface area contributed by atoms with Gasteiger partial charge in [0, 0.05) is 17.8 Å². The fourth-order valence-corrected chi connectivity index (χ4v) is 2.69. The minimum Gasteiger partial charge on any atom is -0.497 e. The molecule has 130 valence electrons. The molecule has 26 heavy (non-hydrogen) atoms. The van der Waals surface area contributed by atoms with E-state index < -0.39 is 0 Å². The zero-order chi connectivity index (χ0) is 17.9. The van der Waals surface area contributed by atoms with Gasteiger partial charge in [-0.2, -0.15) is 5.10 Å². The largest absolute Gasteiger partial charge is 0.497 e. The molecule has 0 saturated heterocycles. The first-order valence-corrected chi connectivity index (χ1v) is 8.02. The number of hydrogen-bond donors (Lipinski definition) is 2. The minimum atomic E-state index is -0.196. The van der Waals surface area contributed by atoms with Crippen LogP contribution in [0.3, 0.4) is 0 Å². The third-order valence-corrected chi connectivity index (χ3v) is 4.00. The Kier molecular flexibility index (Phi) is 4.10. The number of nitrogens with zero attached hydrogens (tertiary/aromatic N) is 2. The Morgan fingerprint density at radius 2 is 1.96 bits per heavy atom. The summed E-state index contributed by atoms with van der Waals surface area (Å²) < 4.78 is 10.9. The van der Waals surface area contributed by atoms with E-state index in [0.717, 1.165) is 11.1 Å². The lowest BCUT2D eigenvalue weighted by Crippen LogP contribution is -2.13. The van der Waals surface area contributed by atoms with Crippen LogP contribution in [0, 0.1) is 0 Å². The molecule has 2 N–H and O–H groups in total. The average molecular weight is 348 g/mol. The van der Waals surface area contributed by atoms with Crippen LogP contribution < -0.4 is 15.0 Å². The van der Waals surface area contributed by atoms with Crippen molar-refractivity contribution in [1.82, 2.24) is 20.2 Å². The van der Waals surface area contributed by atoms with Crippen LogP contribution in [0.2, 0.25) is 0 Å². The maximum atomic E-state index is 12.3. The molecule has 0 radical (unpaired) electrons. The van der Waals surface area contributed by atoms with E-state index in [1.54, 1.807) is 31.6 Å². The topological polar surface area (TPSA) is 92.9 Å². The lowest BCUT2D eigenvalue weighted by atomic mass is 10.1. The summed E-state index contributed by atoms with van der Waals surface area (Å²) in [7, 11) is 1.60. The van der Waals surface area contributed by atoms with Crippen molar-refractivity contribution in [3.63, 3.8) is 0 Å². The minimum absolute atomic E-state index is 0.147. The second-order valence-corrected chi connectivity index (χ2v) is 5.70. The van der Waals surface area contributed by atoms with E-state index in [1.807, 2.05) is 30.3 Å². The van der Waals surface area contributed by atoms with Gasteiger partial charge in [-0.05, 0) is 29.8 Å². The average Bonchev–Trinajstić information content (AvgIpc) is 3.21. The van der Waals surface area contributed by atoms with E-state index in [1.165, 1.54) is 0 Å². The molecule has 2 aromatic heterocycles. The fourth-order valence-electron chi connectivity index (χ4n) is 2.69. The van der Waals surface area contributed by atoms with Crippen molar-refractivity contribution in [2.75, 3.05) is 7.11 Å². The molecule has 0 bridgehead atoms. The number of aromatic amines is 2. The summed E-state index contributed by atoms with van der Waals surface area (Å²) in [6.45, 7) is 0.147. The van der Waals surface area contributed by atoms with Crippen LogP contribution in [0.15, 0.2) is 59.7 Å². The molecule has 0 amide bonds. The van der Waals surface area contributed by atoms with E-state index in [-0.39, 0.29) is 12.2 Å². The van der Waals surface area contributed by atoms with Crippen LogP contribution in [0.25, 0.3) is 22.0 Å². The Morgan fingerprint density at radius 3 is 2.77 bits per heavy atom. The molecule has 0 aliphatic heterocycles. The maximum absolute atomic E-state index is 12.3. The van der Waals surface area contributed by atoms with Gasteiger partial charge in [0.2, 0.25) is 0 Å². The fraction of sp³-hybridized carbons (Fsp3) is 0.105. The van der Waals surface area contributed by atoms with Gasteiger partial charge in [-0.3, -0.25) is 9.89 Å². The SMILES string of the molecule is COc1cccc(OCc2nc3cc(-c4cn[nH]c4)ccc3c(=O)[nH]2)c1. The van der Waals surface area contributed by atoms with Crippen molar-refractivity contribution in [3.8, 4) is 22.6 Å². The van der Waals surface area contributed by atoms with Gasteiger partial charge in [-0.25, -0.2) is 4.98 Å². The van der Waals surface area contributed by atoms with Crippen molar-refractivity contribution < 1.29 is 9.47 Å². The Labute approximate surface area is 148 Å². The van der Waals surface area contributed by atoms with Crippen LogP contribution in [0.4, 0.5) is 0 Å². The molecule has 4 rings (SSSR count). The number of nitrogens with one attached hydrogen (secondary N) is 2. The van der Waals surface area contributed by atoms with E-state index in [4.69, 9.17) is 9.47 Å². The maximum Gasteiger partial charge on any atom is 0.258 e. The third kappa shape index (κ3) is 3.14. The number of rotatable bonds is 5. The highest BCUT2D eigenvalue weighted by molar-refractivity contribution is 5.83. The monoisotopic (exact) mass is 348 g/mol. The smallest absolute Gasteiger partial charge is 0.258 e. The highest BCUT2D eigenvalue weighted by Gasteiger charge is 2.08. The lowest BCUT2D eigenvalue weighted by Gasteiger charge is -2.08. The normalized spacial score (nSPS) is 10.8. The first kappa shape index (κ1) is 15.9. The van der Waals surface area contributed by atoms with E-state index >= 15 is 0 Å². The molecule has 0 aliphatic rings. The van der Waals surface area contributed by atoms with Crippen molar-refractivity contribution in [2.24, 2.45) is 0 Å². The Hall–Kier alpha value is -3.61. The molecule has 0 atom stereocenters. The molecule has 0 fully saturated rings. The van der Waals surface area contributed by atoms with Gasteiger partial charge in [0.05, 0.1) is 24.2 Å². The Balaban J connectivity index is 1.63. The number of fused-ring (bicyclic) bond motifs is 1. The van der Waals surface area contributed by atoms with Crippen LogP contribution in [0.1, 0.15) is 5.82 Å². The second-order valence-electron chi connectivity index (χ2n) is 5.70. The third-order valence-electron chi connectivity index (χ3n) is 4.00. The van der Waals surface area contributed by atoms with Crippen molar-refractivity contribution in [3.05, 3.63) is 71.0 Å². The van der Waals surface area contributed by atoms with Gasteiger partial charge in [-0.15, -0.1) is 0 Å². The van der Waals surface area contributed by atoms with Crippen molar-refractivity contribution in [2.45, 2.75) is 6.61 Å². The summed E-state index contributed by atoms with van der Waals surface area (Å²) in [4.78, 5) is 19.6. The van der Waals surface area contributed by atoms with Gasteiger partial charge in [-0.1, -0.05) is 12.1 Å². The van der Waals surface area contributed by atoms with Gasteiger partial charge < -0.3 is 14.5 Å². The first-order valence-electron chi connectivity index (χ1n) is 8.02. The van der Waals surface area contributed by atoms with Crippen LogP contribution >= 0.6 is 0 Å². The molecular formula is C19H16N4O3. The number of aromatic nitrogens is 4. The number of methoxy groups -OCH3 is 1. The molecule has 0 aliphatic carbocycles. The van der Waals surface area contributed by atoms with Crippen LogP contribution in [-0.2, 0) is 6.61 Å². The van der Waals surface area contributed by atoms with E-state index in [2.05, 4.69) is 20.2 Å². The summed E-state index contributed by atoms with van der Waals surface area (Å²) in [6.07, 6.45) is 3.52.